The minimum Gasteiger partial charge on any atom is -0.459 e. The van der Waals surface area contributed by atoms with Gasteiger partial charge in [0, 0.05) is 28.6 Å². The van der Waals surface area contributed by atoms with Gasteiger partial charge in [-0.15, -0.1) is 0 Å². The van der Waals surface area contributed by atoms with Crippen LogP contribution in [0.2, 0.25) is 0 Å². The highest BCUT2D eigenvalue weighted by molar-refractivity contribution is 9.10. The molecule has 0 saturated heterocycles. The minimum atomic E-state index is -1.39. The first kappa shape index (κ1) is 27.3. The molecular formula is C28H22BrN3O7. The van der Waals surface area contributed by atoms with E-state index in [0.717, 1.165) is 5.56 Å². The van der Waals surface area contributed by atoms with Gasteiger partial charge >= 0.3 is 5.97 Å². The van der Waals surface area contributed by atoms with Crippen molar-refractivity contribution in [3.8, 4) is 0 Å². The number of nitrogens with one attached hydrogen (secondary N) is 2. The number of carbonyl (C=O) groups is 3. The zero-order valence-corrected chi connectivity index (χ0v) is 21.9. The molecule has 11 heteroatoms. The van der Waals surface area contributed by atoms with Crippen LogP contribution in [0.15, 0.2) is 106 Å². The standard InChI is InChI=1S/C28H22BrN3O7/c29-21-17-20(32(36)37)13-14-22(21)30-27(34)25(19-10-5-2-6-11-19)39-28(35)23(16-18-8-3-1-4-9-18)31-26(33)24-12-7-15-38-24/h1-15,17,23,25H,16H2,(H,30,34)(H,31,33)/t23-,25+/m0/s1. The van der Waals surface area contributed by atoms with Crippen molar-refractivity contribution in [3.05, 3.63) is 129 Å². The molecule has 0 aliphatic rings. The number of amides is 2. The lowest BCUT2D eigenvalue weighted by atomic mass is 10.0. The van der Waals surface area contributed by atoms with E-state index in [2.05, 4.69) is 26.6 Å². The number of ether oxygens (including phenoxy) is 1. The Morgan fingerprint density at radius 2 is 1.64 bits per heavy atom. The highest BCUT2D eigenvalue weighted by Crippen LogP contribution is 2.29. The van der Waals surface area contributed by atoms with Gasteiger partial charge in [-0.3, -0.25) is 19.7 Å². The first-order valence-electron chi connectivity index (χ1n) is 11.7. The van der Waals surface area contributed by atoms with E-state index < -0.39 is 34.9 Å². The Labute approximate surface area is 231 Å². The van der Waals surface area contributed by atoms with E-state index in [1.165, 1.54) is 30.5 Å². The van der Waals surface area contributed by atoms with Gasteiger partial charge in [-0.1, -0.05) is 60.7 Å². The SMILES string of the molecule is O=C(N[C@@H](Cc1ccccc1)C(=O)O[C@@H](C(=O)Nc1ccc([N+](=O)[O-])cc1Br)c1ccccc1)c1ccco1. The van der Waals surface area contributed by atoms with Crippen molar-refractivity contribution in [2.24, 2.45) is 0 Å². The van der Waals surface area contributed by atoms with Crippen LogP contribution in [0, 0.1) is 10.1 Å². The molecule has 1 aromatic heterocycles. The number of nitro groups is 1. The van der Waals surface area contributed by atoms with Crippen molar-refractivity contribution >= 4 is 45.1 Å². The van der Waals surface area contributed by atoms with E-state index >= 15 is 0 Å². The summed E-state index contributed by atoms with van der Waals surface area (Å²) < 4.78 is 11.1. The van der Waals surface area contributed by atoms with Gasteiger partial charge in [0.25, 0.3) is 17.5 Å². The Morgan fingerprint density at radius 1 is 0.949 bits per heavy atom. The first-order valence-corrected chi connectivity index (χ1v) is 12.5. The van der Waals surface area contributed by atoms with Crippen molar-refractivity contribution in [3.63, 3.8) is 0 Å². The molecule has 1 heterocycles. The summed E-state index contributed by atoms with van der Waals surface area (Å²) in [5.41, 5.74) is 1.23. The van der Waals surface area contributed by atoms with E-state index in [0.29, 0.717) is 5.56 Å². The third-order valence-electron chi connectivity index (χ3n) is 5.61. The molecule has 4 rings (SSSR count). The van der Waals surface area contributed by atoms with Gasteiger partial charge in [-0.25, -0.2) is 4.79 Å². The van der Waals surface area contributed by atoms with Crippen LogP contribution in [0.1, 0.15) is 27.8 Å². The highest BCUT2D eigenvalue weighted by atomic mass is 79.9. The molecular weight excluding hydrogens is 570 g/mol. The zero-order valence-electron chi connectivity index (χ0n) is 20.3. The van der Waals surface area contributed by atoms with Gasteiger partial charge in [0.2, 0.25) is 6.10 Å². The maximum absolute atomic E-state index is 13.4. The molecule has 2 atom stereocenters. The molecule has 2 amide bonds. The van der Waals surface area contributed by atoms with E-state index in [4.69, 9.17) is 9.15 Å². The van der Waals surface area contributed by atoms with Crippen LogP contribution in [0.3, 0.4) is 0 Å². The van der Waals surface area contributed by atoms with E-state index in [-0.39, 0.29) is 28.0 Å². The molecule has 0 aliphatic heterocycles. The molecule has 198 valence electrons. The van der Waals surface area contributed by atoms with Gasteiger partial charge in [-0.05, 0) is 39.7 Å². The highest BCUT2D eigenvalue weighted by Gasteiger charge is 2.31. The third-order valence-corrected chi connectivity index (χ3v) is 6.27. The van der Waals surface area contributed by atoms with Crippen LogP contribution >= 0.6 is 15.9 Å². The van der Waals surface area contributed by atoms with Crippen molar-refractivity contribution in [1.82, 2.24) is 5.32 Å². The lowest BCUT2D eigenvalue weighted by Gasteiger charge is -2.23. The van der Waals surface area contributed by atoms with Crippen LogP contribution in [0.25, 0.3) is 0 Å². The molecule has 0 fully saturated rings. The molecule has 0 spiro atoms. The number of furan rings is 1. The number of rotatable bonds is 10. The quantitative estimate of drug-likeness (QED) is 0.146. The second-order valence-electron chi connectivity index (χ2n) is 8.33. The van der Waals surface area contributed by atoms with Crippen molar-refractivity contribution in [2.75, 3.05) is 5.32 Å². The molecule has 4 aromatic rings. The molecule has 10 nitrogen and oxygen atoms in total. The summed E-state index contributed by atoms with van der Waals surface area (Å²) >= 11 is 3.22. The summed E-state index contributed by atoms with van der Waals surface area (Å²) in [7, 11) is 0. The van der Waals surface area contributed by atoms with Crippen molar-refractivity contribution < 1.29 is 28.5 Å². The van der Waals surface area contributed by atoms with E-state index in [1.807, 2.05) is 6.07 Å². The number of halogens is 1. The fourth-order valence-electron chi connectivity index (χ4n) is 3.70. The average Bonchev–Trinajstić information content (AvgIpc) is 3.48. The van der Waals surface area contributed by atoms with Gasteiger partial charge in [0.1, 0.15) is 6.04 Å². The van der Waals surface area contributed by atoms with E-state index in [1.54, 1.807) is 60.7 Å². The maximum atomic E-state index is 13.4. The molecule has 39 heavy (non-hydrogen) atoms. The number of anilines is 1. The Morgan fingerprint density at radius 3 is 2.26 bits per heavy atom. The molecule has 0 bridgehead atoms. The number of hydrogen-bond donors (Lipinski definition) is 2. The number of benzene rings is 3. The topological polar surface area (TPSA) is 141 Å². The molecule has 0 radical (unpaired) electrons. The number of esters is 1. The molecule has 0 saturated carbocycles. The summed E-state index contributed by atoms with van der Waals surface area (Å²) in [5.74, 6) is -2.14. The normalized spacial score (nSPS) is 12.1. The summed E-state index contributed by atoms with van der Waals surface area (Å²) in [6.07, 6.45) is 0.0499. The Hall–Kier alpha value is -4.77. The second kappa shape index (κ2) is 12.7. The fraction of sp³-hybridized carbons (Fsp3) is 0.107. The first-order chi connectivity index (χ1) is 18.8. The molecule has 0 unspecified atom stereocenters. The van der Waals surface area contributed by atoms with Gasteiger partial charge < -0.3 is 19.8 Å². The largest absolute Gasteiger partial charge is 0.459 e. The number of non-ortho nitro benzene ring substituents is 1. The maximum Gasteiger partial charge on any atom is 0.330 e. The average molecular weight is 592 g/mol. The van der Waals surface area contributed by atoms with Crippen LogP contribution in [0.4, 0.5) is 11.4 Å². The van der Waals surface area contributed by atoms with Crippen molar-refractivity contribution in [2.45, 2.75) is 18.6 Å². The molecule has 2 N–H and O–H groups in total. The number of nitro benzene ring substituents is 1. The monoisotopic (exact) mass is 591 g/mol. The predicted molar refractivity (Wildman–Crippen MR) is 145 cm³/mol. The van der Waals surface area contributed by atoms with E-state index in [9.17, 15) is 24.5 Å². The minimum absolute atomic E-state index is 0.0150. The summed E-state index contributed by atoms with van der Waals surface area (Å²) in [6, 6.07) is 23.1. The Balaban J connectivity index is 1.59. The Kier molecular flexibility index (Phi) is 8.85. The number of hydrogen-bond acceptors (Lipinski definition) is 7. The third kappa shape index (κ3) is 7.17. The number of nitrogens with zero attached hydrogens (tertiary/aromatic N) is 1. The van der Waals surface area contributed by atoms with Gasteiger partial charge in [0.15, 0.2) is 5.76 Å². The Bertz CT molecular complexity index is 1460. The second-order valence-corrected chi connectivity index (χ2v) is 9.19. The van der Waals surface area contributed by atoms with Crippen LogP contribution in [-0.4, -0.2) is 28.7 Å². The summed E-state index contributed by atoms with van der Waals surface area (Å²) in [6.45, 7) is 0. The molecule has 0 aliphatic carbocycles. The lowest BCUT2D eigenvalue weighted by Crippen LogP contribution is -2.44. The fourth-order valence-corrected chi connectivity index (χ4v) is 4.16. The smallest absolute Gasteiger partial charge is 0.330 e. The predicted octanol–water partition coefficient (Wildman–Crippen LogP) is 5.21. The van der Waals surface area contributed by atoms with Crippen LogP contribution < -0.4 is 10.6 Å². The summed E-state index contributed by atoms with van der Waals surface area (Å²) in [5, 5.41) is 16.3. The zero-order chi connectivity index (χ0) is 27.8. The van der Waals surface area contributed by atoms with Crippen molar-refractivity contribution in [1.29, 1.82) is 0 Å². The summed E-state index contributed by atoms with van der Waals surface area (Å²) in [4.78, 5) is 50.0. The number of carbonyl (C=O) groups excluding carboxylic acids is 3. The molecule has 3 aromatic carbocycles. The van der Waals surface area contributed by atoms with Crippen LogP contribution in [0.5, 0.6) is 0 Å². The van der Waals surface area contributed by atoms with Crippen LogP contribution in [-0.2, 0) is 20.7 Å². The lowest BCUT2D eigenvalue weighted by molar-refractivity contribution is -0.384. The van der Waals surface area contributed by atoms with Gasteiger partial charge in [-0.2, -0.15) is 0 Å². The van der Waals surface area contributed by atoms with Gasteiger partial charge in [0.05, 0.1) is 16.9 Å².